The molecule has 6 nitrogen and oxygen atoms in total. The molecule has 0 spiro atoms. The number of ether oxygens (including phenoxy) is 3. The first-order chi connectivity index (χ1) is 14.3. The van der Waals surface area contributed by atoms with Crippen LogP contribution in [0.4, 0.5) is 0 Å². The third kappa shape index (κ3) is 4.06. The molecule has 29 heavy (non-hydrogen) atoms. The monoisotopic (exact) mass is 388 g/mol. The Kier molecular flexibility index (Phi) is 5.42. The Bertz CT molecular complexity index is 1090. The number of hydrogen-bond acceptors (Lipinski definition) is 6. The van der Waals surface area contributed by atoms with Crippen LogP contribution < -0.4 is 14.2 Å². The van der Waals surface area contributed by atoms with E-state index in [0.717, 1.165) is 16.7 Å². The van der Waals surface area contributed by atoms with Gasteiger partial charge >= 0.3 is 0 Å². The van der Waals surface area contributed by atoms with E-state index >= 15 is 0 Å². The molecular formula is C23H20N2O4. The van der Waals surface area contributed by atoms with E-state index in [-0.39, 0.29) is 0 Å². The average molecular weight is 388 g/mol. The highest BCUT2D eigenvalue weighted by Crippen LogP contribution is 2.34. The smallest absolute Gasteiger partial charge is 0.262 e. The molecule has 4 aromatic rings. The zero-order valence-corrected chi connectivity index (χ0v) is 16.2. The van der Waals surface area contributed by atoms with Crippen LogP contribution in [0.5, 0.6) is 17.2 Å². The third-order valence-electron chi connectivity index (χ3n) is 4.42. The fraction of sp³-hybridized carbons (Fsp3) is 0.130. The van der Waals surface area contributed by atoms with Crippen molar-refractivity contribution < 1.29 is 18.7 Å². The summed E-state index contributed by atoms with van der Waals surface area (Å²) >= 11 is 0. The molecule has 1 heterocycles. The molecule has 0 unspecified atom stereocenters. The van der Waals surface area contributed by atoms with Gasteiger partial charge in [0.15, 0.2) is 11.5 Å². The van der Waals surface area contributed by atoms with Gasteiger partial charge < -0.3 is 18.7 Å². The maximum absolute atomic E-state index is 5.90. The minimum Gasteiger partial charge on any atom is -0.496 e. The van der Waals surface area contributed by atoms with Crippen molar-refractivity contribution in [2.75, 3.05) is 14.2 Å². The molecule has 0 fully saturated rings. The van der Waals surface area contributed by atoms with E-state index in [2.05, 4.69) is 10.1 Å². The van der Waals surface area contributed by atoms with Crippen LogP contribution in [0, 0.1) is 0 Å². The zero-order chi connectivity index (χ0) is 20.1. The highest BCUT2D eigenvalue weighted by Gasteiger charge is 2.16. The van der Waals surface area contributed by atoms with Crippen molar-refractivity contribution in [1.29, 1.82) is 0 Å². The van der Waals surface area contributed by atoms with E-state index in [9.17, 15) is 0 Å². The van der Waals surface area contributed by atoms with E-state index in [0.29, 0.717) is 35.6 Å². The van der Waals surface area contributed by atoms with E-state index < -0.39 is 0 Å². The van der Waals surface area contributed by atoms with Crippen molar-refractivity contribution >= 4 is 0 Å². The molecule has 0 radical (unpaired) electrons. The summed E-state index contributed by atoms with van der Waals surface area (Å²) in [6.07, 6.45) is 0. The summed E-state index contributed by atoms with van der Waals surface area (Å²) in [4.78, 5) is 4.50. The van der Waals surface area contributed by atoms with Gasteiger partial charge in [-0.3, -0.25) is 0 Å². The molecule has 0 amide bonds. The van der Waals surface area contributed by atoms with Crippen LogP contribution in [0.1, 0.15) is 5.56 Å². The number of para-hydroxylation sites is 1. The van der Waals surface area contributed by atoms with Gasteiger partial charge in [-0.25, -0.2) is 0 Å². The third-order valence-corrected chi connectivity index (χ3v) is 4.42. The van der Waals surface area contributed by atoms with Crippen molar-refractivity contribution in [1.82, 2.24) is 10.1 Å². The summed E-state index contributed by atoms with van der Waals surface area (Å²) in [5, 5.41) is 4.10. The van der Waals surface area contributed by atoms with Gasteiger partial charge in [0.05, 0.1) is 19.8 Å². The van der Waals surface area contributed by atoms with Crippen molar-refractivity contribution in [2.45, 2.75) is 6.61 Å². The lowest BCUT2D eigenvalue weighted by atomic mass is 10.1. The molecule has 0 N–H and O–H groups in total. The van der Waals surface area contributed by atoms with Gasteiger partial charge in [0, 0.05) is 5.56 Å². The second-order valence-corrected chi connectivity index (χ2v) is 6.26. The molecule has 0 aliphatic carbocycles. The minimum absolute atomic E-state index is 0.390. The summed E-state index contributed by atoms with van der Waals surface area (Å²) < 4.78 is 22.2. The van der Waals surface area contributed by atoms with Crippen LogP contribution in [-0.2, 0) is 6.61 Å². The lowest BCUT2D eigenvalue weighted by Crippen LogP contribution is -1.98. The summed E-state index contributed by atoms with van der Waals surface area (Å²) in [6, 6.07) is 23.0. The predicted octanol–water partition coefficient (Wildman–Crippen LogP) is 5.00. The second kappa shape index (κ2) is 8.48. The van der Waals surface area contributed by atoms with Crippen LogP contribution in [0.15, 0.2) is 77.3 Å². The van der Waals surface area contributed by atoms with Gasteiger partial charge in [-0.2, -0.15) is 4.98 Å². The minimum atomic E-state index is 0.390. The SMILES string of the molecule is COc1cc(-c2noc(-c3ccccc3OC)n2)ccc1OCc1ccccc1. The zero-order valence-electron chi connectivity index (χ0n) is 16.2. The molecule has 0 saturated heterocycles. The summed E-state index contributed by atoms with van der Waals surface area (Å²) in [6.45, 7) is 0.455. The Balaban J connectivity index is 1.57. The van der Waals surface area contributed by atoms with E-state index in [1.54, 1.807) is 14.2 Å². The summed E-state index contributed by atoms with van der Waals surface area (Å²) in [5.74, 6) is 2.76. The maximum Gasteiger partial charge on any atom is 0.262 e. The molecule has 0 atom stereocenters. The first-order valence-corrected chi connectivity index (χ1v) is 9.10. The predicted molar refractivity (Wildman–Crippen MR) is 109 cm³/mol. The van der Waals surface area contributed by atoms with E-state index in [4.69, 9.17) is 18.7 Å². The second-order valence-electron chi connectivity index (χ2n) is 6.26. The molecule has 0 bridgehead atoms. The number of benzene rings is 3. The Morgan fingerprint density at radius 1 is 0.793 bits per heavy atom. The Labute approximate surface area is 168 Å². The van der Waals surface area contributed by atoms with Gasteiger partial charge in [-0.15, -0.1) is 0 Å². The van der Waals surface area contributed by atoms with Crippen molar-refractivity contribution in [3.8, 4) is 40.1 Å². The highest BCUT2D eigenvalue weighted by atomic mass is 16.5. The molecule has 3 aromatic carbocycles. The van der Waals surface area contributed by atoms with E-state index in [1.807, 2.05) is 72.8 Å². The van der Waals surface area contributed by atoms with Crippen molar-refractivity contribution in [2.24, 2.45) is 0 Å². The molecular weight excluding hydrogens is 368 g/mol. The number of methoxy groups -OCH3 is 2. The van der Waals surface area contributed by atoms with Crippen LogP contribution in [-0.4, -0.2) is 24.4 Å². The Hall–Kier alpha value is -3.80. The molecule has 1 aromatic heterocycles. The summed E-state index contributed by atoms with van der Waals surface area (Å²) in [7, 11) is 3.21. The number of nitrogens with zero attached hydrogens (tertiary/aromatic N) is 2. The number of aromatic nitrogens is 2. The van der Waals surface area contributed by atoms with Crippen LogP contribution in [0.3, 0.4) is 0 Å². The topological polar surface area (TPSA) is 66.6 Å². The van der Waals surface area contributed by atoms with Gasteiger partial charge in [-0.1, -0.05) is 47.6 Å². The van der Waals surface area contributed by atoms with Crippen molar-refractivity contribution in [3.05, 3.63) is 78.4 Å². The quantitative estimate of drug-likeness (QED) is 0.444. The lowest BCUT2D eigenvalue weighted by molar-refractivity contribution is 0.284. The van der Waals surface area contributed by atoms with Gasteiger partial charge in [0.25, 0.3) is 5.89 Å². The van der Waals surface area contributed by atoms with Crippen LogP contribution in [0.2, 0.25) is 0 Å². The molecule has 0 aliphatic rings. The normalized spacial score (nSPS) is 10.6. The standard InChI is InChI=1S/C23H20N2O4/c1-26-19-11-7-6-10-18(19)23-24-22(25-29-23)17-12-13-20(21(14-17)27-2)28-15-16-8-4-3-5-9-16/h3-14H,15H2,1-2H3. The number of hydrogen-bond donors (Lipinski definition) is 0. The van der Waals surface area contributed by atoms with Gasteiger partial charge in [0.2, 0.25) is 5.82 Å². The van der Waals surface area contributed by atoms with Gasteiger partial charge in [-0.05, 0) is 35.9 Å². The van der Waals surface area contributed by atoms with Crippen LogP contribution in [0.25, 0.3) is 22.8 Å². The molecule has 146 valence electrons. The summed E-state index contributed by atoms with van der Waals surface area (Å²) in [5.41, 5.74) is 2.58. The largest absolute Gasteiger partial charge is 0.496 e. The first kappa shape index (κ1) is 18.6. The molecule has 0 aliphatic heterocycles. The Morgan fingerprint density at radius 3 is 2.34 bits per heavy atom. The fourth-order valence-electron chi connectivity index (χ4n) is 2.93. The Morgan fingerprint density at radius 2 is 1.55 bits per heavy atom. The van der Waals surface area contributed by atoms with E-state index in [1.165, 1.54) is 0 Å². The lowest BCUT2D eigenvalue weighted by Gasteiger charge is -2.11. The van der Waals surface area contributed by atoms with Crippen LogP contribution >= 0.6 is 0 Å². The average Bonchev–Trinajstić information content (AvgIpc) is 3.28. The molecule has 6 heteroatoms. The highest BCUT2D eigenvalue weighted by molar-refractivity contribution is 5.66. The molecule has 4 rings (SSSR count). The number of rotatable bonds is 7. The molecule has 0 saturated carbocycles. The fourth-order valence-corrected chi connectivity index (χ4v) is 2.93. The first-order valence-electron chi connectivity index (χ1n) is 9.10. The van der Waals surface area contributed by atoms with Crippen molar-refractivity contribution in [3.63, 3.8) is 0 Å². The van der Waals surface area contributed by atoms with Gasteiger partial charge in [0.1, 0.15) is 12.4 Å². The maximum atomic E-state index is 5.90.